The van der Waals surface area contributed by atoms with Gasteiger partial charge in [-0.2, -0.15) is 0 Å². The number of nitrogens with two attached hydrogens (primary N) is 1. The summed E-state index contributed by atoms with van der Waals surface area (Å²) in [6, 6.07) is 13.9. The average Bonchev–Trinajstić information content (AvgIpc) is 3.01. The summed E-state index contributed by atoms with van der Waals surface area (Å²) < 4.78 is 0. The van der Waals surface area contributed by atoms with Crippen LogP contribution < -0.4 is 32.3 Å². The smallest absolute Gasteiger partial charge is 0.243 e. The normalized spacial score (nSPS) is 14.5. The quantitative estimate of drug-likeness (QED) is 0.136. The molecule has 5 atom stereocenters. The summed E-state index contributed by atoms with van der Waals surface area (Å²) in [5.41, 5.74) is 7.17. The summed E-state index contributed by atoms with van der Waals surface area (Å²) >= 11 is 0. The molecule has 2 aromatic carbocycles. The summed E-state index contributed by atoms with van der Waals surface area (Å²) in [7, 11) is 1.70. The van der Waals surface area contributed by atoms with Gasteiger partial charge in [-0.25, -0.2) is 0 Å². The standard InChI is InChI=1S/C36H54N6O5/c1-22(2)18-27(32(37)43)39-34(45)29(20-25-14-10-8-11-15-25)40-35(46)30(21-26-16-12-9-13-17-26)41-36(47)31(24(5)6)42-33(44)28(38-7)19-23(3)4/h8-17,22-24,27-31,38H,18-21H2,1-7H3,(H2,37,43)(H,39,45)(H,40,46)(H,41,47)(H,42,44). The number of likely N-dealkylation sites (N-methyl/N-ethyl adjacent to an activating group) is 1. The van der Waals surface area contributed by atoms with Crippen molar-refractivity contribution in [2.24, 2.45) is 23.5 Å². The lowest BCUT2D eigenvalue weighted by Gasteiger charge is -2.28. The van der Waals surface area contributed by atoms with Gasteiger partial charge in [-0.3, -0.25) is 24.0 Å². The van der Waals surface area contributed by atoms with Crippen LogP contribution in [0.1, 0.15) is 65.5 Å². The molecule has 47 heavy (non-hydrogen) atoms. The van der Waals surface area contributed by atoms with Crippen molar-refractivity contribution >= 4 is 29.5 Å². The number of rotatable bonds is 19. The second-order valence-electron chi connectivity index (χ2n) is 13.3. The molecule has 0 aromatic heterocycles. The average molecular weight is 651 g/mol. The highest BCUT2D eigenvalue weighted by molar-refractivity contribution is 5.96. The maximum absolute atomic E-state index is 14.0. The minimum absolute atomic E-state index is 0.0867. The zero-order valence-electron chi connectivity index (χ0n) is 28.8. The van der Waals surface area contributed by atoms with Gasteiger partial charge in [0.05, 0.1) is 6.04 Å². The Kier molecular flexibility index (Phi) is 16.1. The maximum Gasteiger partial charge on any atom is 0.243 e. The second kappa shape index (κ2) is 19.4. The minimum atomic E-state index is -1.08. The third-order valence-electron chi connectivity index (χ3n) is 7.82. The van der Waals surface area contributed by atoms with Crippen molar-refractivity contribution in [3.63, 3.8) is 0 Å². The second-order valence-corrected chi connectivity index (χ2v) is 13.3. The molecule has 2 rings (SSSR count). The van der Waals surface area contributed by atoms with Crippen LogP contribution in [0, 0.1) is 17.8 Å². The Morgan fingerprint density at radius 3 is 1.32 bits per heavy atom. The van der Waals surface area contributed by atoms with E-state index in [1.165, 1.54) is 0 Å². The summed E-state index contributed by atoms with van der Waals surface area (Å²) in [4.78, 5) is 66.6. The SMILES string of the molecule is CNC(CC(C)C)C(=O)NC(C(=O)NC(Cc1ccccc1)C(=O)NC(Cc1ccccc1)C(=O)NC(CC(C)C)C(N)=O)C(C)C. The van der Waals surface area contributed by atoms with Crippen LogP contribution in [0.15, 0.2) is 60.7 Å². The van der Waals surface area contributed by atoms with Gasteiger partial charge in [0.25, 0.3) is 0 Å². The van der Waals surface area contributed by atoms with Gasteiger partial charge in [-0.1, -0.05) is 102 Å². The Bertz CT molecular complexity index is 1300. The first-order valence-electron chi connectivity index (χ1n) is 16.5. The maximum atomic E-state index is 14.0. The van der Waals surface area contributed by atoms with E-state index < -0.39 is 53.8 Å². The van der Waals surface area contributed by atoms with E-state index in [0.717, 1.165) is 11.1 Å². The molecule has 0 fully saturated rings. The van der Waals surface area contributed by atoms with E-state index in [4.69, 9.17) is 5.73 Å². The predicted octanol–water partition coefficient (Wildman–Crippen LogP) is 2.23. The molecule has 7 N–H and O–H groups in total. The van der Waals surface area contributed by atoms with Crippen LogP contribution in [-0.4, -0.2) is 66.8 Å². The summed E-state index contributed by atoms with van der Waals surface area (Å²) in [6.45, 7) is 11.5. The monoisotopic (exact) mass is 650 g/mol. The predicted molar refractivity (Wildman–Crippen MR) is 184 cm³/mol. The highest BCUT2D eigenvalue weighted by atomic mass is 16.2. The Morgan fingerprint density at radius 1 is 0.553 bits per heavy atom. The van der Waals surface area contributed by atoms with Gasteiger partial charge in [0.2, 0.25) is 29.5 Å². The fraction of sp³-hybridized carbons (Fsp3) is 0.528. The molecule has 5 unspecified atom stereocenters. The van der Waals surface area contributed by atoms with Crippen LogP contribution in [0.2, 0.25) is 0 Å². The number of carbonyl (C=O) groups excluding carboxylic acids is 5. The van der Waals surface area contributed by atoms with Gasteiger partial charge in [-0.05, 0) is 48.8 Å². The van der Waals surface area contributed by atoms with E-state index >= 15 is 0 Å². The third kappa shape index (κ3) is 13.6. The van der Waals surface area contributed by atoms with Crippen molar-refractivity contribution in [3.8, 4) is 0 Å². The van der Waals surface area contributed by atoms with Gasteiger partial charge < -0.3 is 32.3 Å². The van der Waals surface area contributed by atoms with Crippen LogP contribution in [0.5, 0.6) is 0 Å². The molecule has 0 saturated heterocycles. The highest BCUT2D eigenvalue weighted by Gasteiger charge is 2.33. The molecule has 0 aliphatic heterocycles. The van der Waals surface area contributed by atoms with E-state index in [9.17, 15) is 24.0 Å². The van der Waals surface area contributed by atoms with E-state index in [1.807, 2.05) is 102 Å². The number of primary amides is 1. The van der Waals surface area contributed by atoms with Crippen LogP contribution in [-0.2, 0) is 36.8 Å². The van der Waals surface area contributed by atoms with Crippen molar-refractivity contribution in [1.82, 2.24) is 26.6 Å². The number of nitrogens with one attached hydrogen (secondary N) is 5. The number of carbonyl (C=O) groups is 5. The number of hydrogen-bond donors (Lipinski definition) is 6. The third-order valence-corrected chi connectivity index (χ3v) is 7.82. The lowest BCUT2D eigenvalue weighted by Crippen LogP contribution is -2.60. The van der Waals surface area contributed by atoms with Crippen molar-refractivity contribution in [2.45, 2.75) is 97.4 Å². The van der Waals surface area contributed by atoms with Gasteiger partial charge >= 0.3 is 0 Å². The summed E-state index contributed by atoms with van der Waals surface area (Å²) in [6.07, 6.45) is 1.21. The minimum Gasteiger partial charge on any atom is -0.368 e. The Labute approximate surface area is 279 Å². The summed E-state index contributed by atoms with van der Waals surface area (Å²) in [5.74, 6) is -2.56. The van der Waals surface area contributed by atoms with Crippen molar-refractivity contribution < 1.29 is 24.0 Å². The number of hydrogen-bond acceptors (Lipinski definition) is 6. The highest BCUT2D eigenvalue weighted by Crippen LogP contribution is 2.12. The van der Waals surface area contributed by atoms with Crippen LogP contribution >= 0.6 is 0 Å². The first-order chi connectivity index (χ1) is 22.2. The van der Waals surface area contributed by atoms with Gasteiger partial charge in [0.1, 0.15) is 24.2 Å². The van der Waals surface area contributed by atoms with E-state index in [1.54, 1.807) is 7.05 Å². The van der Waals surface area contributed by atoms with Crippen LogP contribution in [0.3, 0.4) is 0 Å². The molecule has 5 amide bonds. The lowest BCUT2D eigenvalue weighted by molar-refractivity contribution is -0.135. The van der Waals surface area contributed by atoms with Crippen molar-refractivity contribution in [1.29, 1.82) is 0 Å². The molecule has 258 valence electrons. The molecule has 11 heteroatoms. The molecule has 0 aliphatic carbocycles. The molecule has 0 spiro atoms. The molecule has 0 aliphatic rings. The first kappa shape index (κ1) is 38.9. The van der Waals surface area contributed by atoms with Gasteiger partial charge in [0, 0.05) is 12.8 Å². The van der Waals surface area contributed by atoms with E-state index in [0.29, 0.717) is 12.8 Å². The molecule has 2 aromatic rings. The van der Waals surface area contributed by atoms with Crippen LogP contribution in [0.25, 0.3) is 0 Å². The van der Waals surface area contributed by atoms with E-state index in [2.05, 4.69) is 26.6 Å². The molecule has 0 saturated carbocycles. The molecule has 0 heterocycles. The fourth-order valence-electron chi connectivity index (χ4n) is 5.26. The lowest BCUT2D eigenvalue weighted by atomic mass is 9.98. The Morgan fingerprint density at radius 2 is 0.936 bits per heavy atom. The van der Waals surface area contributed by atoms with Crippen LogP contribution in [0.4, 0.5) is 0 Å². The topological polar surface area (TPSA) is 172 Å². The van der Waals surface area contributed by atoms with Gasteiger partial charge in [-0.15, -0.1) is 0 Å². The summed E-state index contributed by atoms with van der Waals surface area (Å²) in [5, 5.41) is 14.3. The van der Waals surface area contributed by atoms with Crippen molar-refractivity contribution in [2.75, 3.05) is 7.05 Å². The van der Waals surface area contributed by atoms with Crippen molar-refractivity contribution in [3.05, 3.63) is 71.8 Å². The fourth-order valence-corrected chi connectivity index (χ4v) is 5.26. The Hall–Kier alpha value is -4.25. The van der Waals surface area contributed by atoms with E-state index in [-0.39, 0.29) is 36.5 Å². The Balaban J connectivity index is 2.37. The zero-order chi connectivity index (χ0) is 35.1. The number of benzene rings is 2. The molecule has 0 bridgehead atoms. The largest absolute Gasteiger partial charge is 0.368 e. The number of amides is 5. The van der Waals surface area contributed by atoms with Gasteiger partial charge in [0.15, 0.2) is 0 Å². The molecule has 0 radical (unpaired) electrons. The zero-order valence-corrected chi connectivity index (χ0v) is 28.8. The first-order valence-corrected chi connectivity index (χ1v) is 16.5. The molecular formula is C36H54N6O5. The molecular weight excluding hydrogens is 596 g/mol. The molecule has 11 nitrogen and oxygen atoms in total.